The summed E-state index contributed by atoms with van der Waals surface area (Å²) in [5.74, 6) is 1.74. The predicted molar refractivity (Wildman–Crippen MR) is 119 cm³/mol. The quantitative estimate of drug-likeness (QED) is 0.398. The summed E-state index contributed by atoms with van der Waals surface area (Å²) in [4.78, 5) is 13.6. The molecule has 1 saturated carbocycles. The molecule has 2 rings (SSSR count). The van der Waals surface area contributed by atoms with Crippen LogP contribution in [0.3, 0.4) is 0 Å². The molecular weight excluding hydrogens is 445 g/mol. The van der Waals surface area contributed by atoms with E-state index in [2.05, 4.69) is 58.5 Å². The molecule has 1 aromatic heterocycles. The van der Waals surface area contributed by atoms with E-state index in [1.807, 2.05) is 14.0 Å². The molecule has 1 N–H and O–H groups in total. The number of nitrogens with zero attached hydrogens (tertiary/aromatic N) is 4. The van der Waals surface area contributed by atoms with Gasteiger partial charge in [-0.05, 0) is 39.8 Å². The number of hydrogen-bond donors (Lipinski definition) is 1. The Kier molecular flexibility index (Phi) is 9.11. The molecule has 0 aromatic carbocycles. The number of likely N-dealkylation sites (N-methyl/N-ethyl adjacent to an activating group) is 1. The molecule has 0 aliphatic heterocycles. The minimum atomic E-state index is 0. The van der Waals surface area contributed by atoms with Crippen molar-refractivity contribution in [2.24, 2.45) is 10.9 Å². The fourth-order valence-corrected chi connectivity index (χ4v) is 4.39. The first kappa shape index (κ1) is 22.6. The molecule has 1 aliphatic carbocycles. The molecule has 0 bridgehead atoms. The van der Waals surface area contributed by atoms with Crippen LogP contribution in [0.4, 0.5) is 0 Å². The van der Waals surface area contributed by atoms with Gasteiger partial charge in [0.2, 0.25) is 0 Å². The first-order valence-electron chi connectivity index (χ1n) is 8.86. The van der Waals surface area contributed by atoms with Crippen LogP contribution in [-0.4, -0.2) is 61.0 Å². The molecule has 0 amide bonds. The number of nitrogens with one attached hydrogen (secondary N) is 1. The third kappa shape index (κ3) is 6.06. The number of hydrogen-bond acceptors (Lipinski definition) is 4. The molecule has 1 fully saturated rings. The van der Waals surface area contributed by atoms with Crippen LogP contribution in [0.5, 0.6) is 0 Å². The predicted octanol–water partition coefficient (Wildman–Crippen LogP) is 3.59. The topological polar surface area (TPSA) is 43.8 Å². The van der Waals surface area contributed by atoms with E-state index in [4.69, 9.17) is 0 Å². The maximum atomic E-state index is 4.55. The summed E-state index contributed by atoms with van der Waals surface area (Å²) in [5.41, 5.74) is 1.34. The highest BCUT2D eigenvalue weighted by atomic mass is 127. The van der Waals surface area contributed by atoms with E-state index in [9.17, 15) is 0 Å². The largest absolute Gasteiger partial charge is 0.354 e. The van der Waals surface area contributed by atoms with Crippen molar-refractivity contribution in [3.8, 4) is 0 Å². The fraction of sp³-hybridized carbons (Fsp3) is 0.778. The standard InChI is InChI=1S/C18H33N5S.HI/c1-14-8-7-9-18(10-14,22(4)5)13-20-17(19-3)23(6)11-16-12-24-15(2)21-16;/h12,14H,7-11,13H2,1-6H3,(H,19,20);1H. The Morgan fingerprint density at radius 2 is 2.16 bits per heavy atom. The van der Waals surface area contributed by atoms with Crippen LogP contribution < -0.4 is 5.32 Å². The lowest BCUT2D eigenvalue weighted by molar-refractivity contribution is 0.0790. The summed E-state index contributed by atoms with van der Waals surface area (Å²) in [6.07, 6.45) is 5.17. The van der Waals surface area contributed by atoms with Crippen LogP contribution in [0.2, 0.25) is 0 Å². The molecule has 1 aromatic rings. The Bertz CT molecular complexity index is 559. The monoisotopic (exact) mass is 479 g/mol. The Hall–Kier alpha value is -0.410. The molecule has 2 atom stereocenters. The van der Waals surface area contributed by atoms with Crippen LogP contribution in [-0.2, 0) is 6.54 Å². The summed E-state index contributed by atoms with van der Waals surface area (Å²) in [5, 5.41) is 6.86. The van der Waals surface area contributed by atoms with Gasteiger partial charge in [0.25, 0.3) is 0 Å². The maximum absolute atomic E-state index is 4.55. The van der Waals surface area contributed by atoms with Crippen molar-refractivity contribution in [2.75, 3.05) is 34.7 Å². The van der Waals surface area contributed by atoms with Gasteiger partial charge in [-0.25, -0.2) is 4.98 Å². The Labute approximate surface area is 174 Å². The van der Waals surface area contributed by atoms with Gasteiger partial charge in [0, 0.05) is 31.6 Å². The summed E-state index contributed by atoms with van der Waals surface area (Å²) in [7, 11) is 8.36. The Morgan fingerprint density at radius 3 is 2.68 bits per heavy atom. The van der Waals surface area contributed by atoms with Gasteiger partial charge in [-0.15, -0.1) is 35.3 Å². The van der Waals surface area contributed by atoms with Crippen molar-refractivity contribution in [2.45, 2.75) is 51.6 Å². The molecule has 5 nitrogen and oxygen atoms in total. The molecule has 0 saturated heterocycles. The van der Waals surface area contributed by atoms with Gasteiger partial charge in [-0.3, -0.25) is 4.99 Å². The maximum Gasteiger partial charge on any atom is 0.193 e. The zero-order chi connectivity index (χ0) is 17.7. The average Bonchev–Trinajstić information content (AvgIpc) is 2.92. The minimum absolute atomic E-state index is 0. The van der Waals surface area contributed by atoms with E-state index in [0.29, 0.717) is 0 Å². The van der Waals surface area contributed by atoms with Gasteiger partial charge in [-0.2, -0.15) is 0 Å². The summed E-state index contributed by atoms with van der Waals surface area (Å²) < 4.78 is 0. The van der Waals surface area contributed by atoms with E-state index in [-0.39, 0.29) is 29.5 Å². The highest BCUT2D eigenvalue weighted by molar-refractivity contribution is 14.0. The highest BCUT2D eigenvalue weighted by Gasteiger charge is 2.37. The highest BCUT2D eigenvalue weighted by Crippen LogP contribution is 2.35. The molecule has 0 radical (unpaired) electrons. The summed E-state index contributed by atoms with van der Waals surface area (Å²) >= 11 is 1.70. The van der Waals surface area contributed by atoms with Gasteiger partial charge in [0.05, 0.1) is 17.2 Å². The third-order valence-corrected chi connectivity index (χ3v) is 6.05. The van der Waals surface area contributed by atoms with Crippen LogP contribution in [0, 0.1) is 12.8 Å². The van der Waals surface area contributed by atoms with Crippen LogP contribution in [0.1, 0.15) is 43.3 Å². The average molecular weight is 479 g/mol. The fourth-order valence-electron chi connectivity index (χ4n) is 3.78. The van der Waals surface area contributed by atoms with Gasteiger partial charge >= 0.3 is 0 Å². The number of thiazole rings is 1. The number of aromatic nitrogens is 1. The van der Waals surface area contributed by atoms with Crippen molar-refractivity contribution < 1.29 is 0 Å². The zero-order valence-electron chi connectivity index (χ0n) is 16.5. The second kappa shape index (κ2) is 10.1. The lowest BCUT2D eigenvalue weighted by Crippen LogP contribution is -2.56. The second-order valence-corrected chi connectivity index (χ2v) is 8.50. The van der Waals surface area contributed by atoms with Gasteiger partial charge in [0.1, 0.15) is 0 Å². The van der Waals surface area contributed by atoms with Gasteiger partial charge < -0.3 is 15.1 Å². The SMILES string of the molecule is CN=C(NCC1(N(C)C)CCCC(C)C1)N(C)Cc1csc(C)n1.I. The van der Waals surface area contributed by atoms with Crippen molar-refractivity contribution in [3.05, 3.63) is 16.1 Å². The lowest BCUT2D eigenvalue weighted by atomic mass is 9.75. The number of halogens is 1. The van der Waals surface area contributed by atoms with Crippen molar-refractivity contribution in [1.82, 2.24) is 20.1 Å². The number of aryl methyl sites for hydroxylation is 1. The number of rotatable bonds is 5. The summed E-state index contributed by atoms with van der Waals surface area (Å²) in [6, 6.07) is 0. The lowest BCUT2D eigenvalue weighted by Gasteiger charge is -2.45. The first-order chi connectivity index (χ1) is 11.4. The molecule has 1 aliphatic rings. The molecule has 25 heavy (non-hydrogen) atoms. The molecule has 144 valence electrons. The van der Waals surface area contributed by atoms with Gasteiger partial charge in [-0.1, -0.05) is 19.8 Å². The molecule has 7 heteroatoms. The van der Waals surface area contributed by atoms with Crippen molar-refractivity contribution >= 4 is 41.3 Å². The van der Waals surface area contributed by atoms with Gasteiger partial charge in [0.15, 0.2) is 5.96 Å². The first-order valence-corrected chi connectivity index (χ1v) is 9.74. The zero-order valence-corrected chi connectivity index (χ0v) is 19.6. The second-order valence-electron chi connectivity index (χ2n) is 7.43. The van der Waals surface area contributed by atoms with E-state index >= 15 is 0 Å². The number of guanidine groups is 1. The van der Waals surface area contributed by atoms with Crippen LogP contribution in [0.25, 0.3) is 0 Å². The molecule has 1 heterocycles. The normalized spacial score (nSPS) is 24.1. The third-order valence-electron chi connectivity index (χ3n) is 5.23. The smallest absolute Gasteiger partial charge is 0.193 e. The van der Waals surface area contributed by atoms with Crippen LogP contribution in [0.15, 0.2) is 10.4 Å². The Balaban J connectivity index is 0.00000312. The van der Waals surface area contributed by atoms with Crippen molar-refractivity contribution in [1.29, 1.82) is 0 Å². The van der Waals surface area contributed by atoms with Crippen LogP contribution >= 0.6 is 35.3 Å². The Morgan fingerprint density at radius 1 is 1.44 bits per heavy atom. The van der Waals surface area contributed by atoms with Crippen molar-refractivity contribution in [3.63, 3.8) is 0 Å². The molecule has 2 unspecified atom stereocenters. The van der Waals surface area contributed by atoms with E-state index in [1.54, 1.807) is 11.3 Å². The van der Waals surface area contributed by atoms with E-state index in [0.717, 1.165) is 35.7 Å². The van der Waals surface area contributed by atoms with E-state index < -0.39 is 0 Å². The molecular formula is C18H34IN5S. The number of aliphatic imine (C=N–C) groups is 1. The van der Waals surface area contributed by atoms with E-state index in [1.165, 1.54) is 25.7 Å². The minimum Gasteiger partial charge on any atom is -0.354 e. The molecule has 0 spiro atoms. The summed E-state index contributed by atoms with van der Waals surface area (Å²) in [6.45, 7) is 6.15.